The minimum absolute atomic E-state index is 0.120. The van der Waals surface area contributed by atoms with Gasteiger partial charge in [0.25, 0.3) is 0 Å². The van der Waals surface area contributed by atoms with Crippen LogP contribution in [0.2, 0.25) is 0 Å². The summed E-state index contributed by atoms with van der Waals surface area (Å²) in [6.45, 7) is 14.0. The Balaban J connectivity index is 2.90. The molecule has 1 atom stereocenters. The van der Waals surface area contributed by atoms with Gasteiger partial charge < -0.3 is 15.4 Å². The molecule has 1 unspecified atom stereocenters. The third kappa shape index (κ3) is 5.19. The highest BCUT2D eigenvalue weighted by atomic mass is 16.5. The molecule has 0 aliphatic rings. The van der Waals surface area contributed by atoms with Crippen molar-refractivity contribution in [3.63, 3.8) is 0 Å². The van der Waals surface area contributed by atoms with Crippen molar-refractivity contribution < 1.29 is 4.74 Å². The molecule has 0 saturated heterocycles. The Kier molecular flexibility index (Phi) is 5.98. The van der Waals surface area contributed by atoms with Crippen LogP contribution in [0.4, 0.5) is 11.9 Å². The van der Waals surface area contributed by atoms with E-state index in [9.17, 15) is 0 Å². The van der Waals surface area contributed by atoms with E-state index < -0.39 is 0 Å². The number of hydrogen-bond donors (Lipinski definition) is 2. The first-order chi connectivity index (χ1) is 9.36. The van der Waals surface area contributed by atoms with Gasteiger partial charge in [-0.05, 0) is 25.7 Å². The normalized spacial score (nSPS) is 12.9. The Hall–Kier alpha value is -1.59. The number of rotatable bonds is 7. The summed E-state index contributed by atoms with van der Waals surface area (Å²) in [5.41, 5.74) is 0.120. The summed E-state index contributed by atoms with van der Waals surface area (Å²) in [7, 11) is 0. The summed E-state index contributed by atoms with van der Waals surface area (Å²) in [4.78, 5) is 12.9. The van der Waals surface area contributed by atoms with Gasteiger partial charge in [-0.1, -0.05) is 27.7 Å². The zero-order valence-corrected chi connectivity index (χ0v) is 13.4. The van der Waals surface area contributed by atoms with Gasteiger partial charge in [-0.25, -0.2) is 0 Å². The third-order valence-corrected chi connectivity index (χ3v) is 3.07. The van der Waals surface area contributed by atoms with Gasteiger partial charge in [0, 0.05) is 12.6 Å². The van der Waals surface area contributed by atoms with Gasteiger partial charge in [0.05, 0.1) is 6.61 Å². The fourth-order valence-electron chi connectivity index (χ4n) is 1.34. The van der Waals surface area contributed by atoms with Gasteiger partial charge in [-0.2, -0.15) is 15.0 Å². The second kappa shape index (κ2) is 7.26. The molecule has 0 aliphatic heterocycles. The van der Waals surface area contributed by atoms with Gasteiger partial charge in [0.2, 0.25) is 11.9 Å². The molecule has 1 aromatic rings. The van der Waals surface area contributed by atoms with E-state index in [1.807, 2.05) is 6.92 Å². The molecular weight excluding hydrogens is 254 g/mol. The molecule has 0 amide bonds. The molecule has 0 aliphatic carbocycles. The van der Waals surface area contributed by atoms with Gasteiger partial charge in [-0.3, -0.25) is 0 Å². The number of anilines is 2. The molecule has 0 radical (unpaired) electrons. The number of aromatic nitrogens is 3. The minimum atomic E-state index is 0.120. The van der Waals surface area contributed by atoms with Crippen molar-refractivity contribution in [3.8, 4) is 6.01 Å². The van der Waals surface area contributed by atoms with Crippen molar-refractivity contribution in [2.75, 3.05) is 23.8 Å². The Labute approximate surface area is 121 Å². The van der Waals surface area contributed by atoms with E-state index in [1.165, 1.54) is 0 Å². The highest BCUT2D eigenvalue weighted by molar-refractivity contribution is 5.36. The molecule has 0 saturated carbocycles. The Morgan fingerprint density at radius 3 is 2.30 bits per heavy atom. The SMILES string of the molecule is CCCNc1nc(NC(C)C(C)(C)C)nc(OCC)n1. The molecular formula is C14H27N5O. The van der Waals surface area contributed by atoms with Gasteiger partial charge >= 0.3 is 6.01 Å². The molecule has 1 aromatic heterocycles. The van der Waals surface area contributed by atoms with Crippen molar-refractivity contribution in [3.05, 3.63) is 0 Å². The topological polar surface area (TPSA) is 72.0 Å². The predicted octanol–water partition coefficient (Wildman–Crippen LogP) is 2.94. The highest BCUT2D eigenvalue weighted by Gasteiger charge is 2.21. The molecule has 1 rings (SSSR count). The Bertz CT molecular complexity index is 417. The third-order valence-electron chi connectivity index (χ3n) is 3.07. The predicted molar refractivity (Wildman–Crippen MR) is 82.3 cm³/mol. The molecule has 6 heteroatoms. The van der Waals surface area contributed by atoms with Crippen molar-refractivity contribution >= 4 is 11.9 Å². The van der Waals surface area contributed by atoms with Crippen molar-refractivity contribution in [2.45, 2.75) is 54.0 Å². The zero-order chi connectivity index (χ0) is 15.2. The van der Waals surface area contributed by atoms with Crippen LogP contribution in [0.3, 0.4) is 0 Å². The smallest absolute Gasteiger partial charge is 0.323 e. The summed E-state index contributed by atoms with van der Waals surface area (Å²) >= 11 is 0. The molecule has 114 valence electrons. The van der Waals surface area contributed by atoms with E-state index in [2.05, 4.69) is 60.2 Å². The molecule has 2 N–H and O–H groups in total. The fourth-order valence-corrected chi connectivity index (χ4v) is 1.34. The van der Waals surface area contributed by atoms with Crippen LogP contribution in [0, 0.1) is 5.41 Å². The van der Waals surface area contributed by atoms with E-state index in [-0.39, 0.29) is 11.5 Å². The van der Waals surface area contributed by atoms with Crippen LogP contribution in [0.25, 0.3) is 0 Å². The Morgan fingerprint density at radius 1 is 1.10 bits per heavy atom. The van der Waals surface area contributed by atoms with Gasteiger partial charge in [0.1, 0.15) is 0 Å². The summed E-state index contributed by atoms with van der Waals surface area (Å²) in [6.07, 6.45) is 1.01. The van der Waals surface area contributed by atoms with Crippen LogP contribution < -0.4 is 15.4 Å². The highest BCUT2D eigenvalue weighted by Crippen LogP contribution is 2.22. The molecule has 0 bridgehead atoms. The molecule has 0 fully saturated rings. The van der Waals surface area contributed by atoms with E-state index in [0.717, 1.165) is 13.0 Å². The first-order valence-electron chi connectivity index (χ1n) is 7.26. The van der Waals surface area contributed by atoms with Crippen LogP contribution in [0.5, 0.6) is 6.01 Å². The lowest BCUT2D eigenvalue weighted by Crippen LogP contribution is -2.31. The lowest BCUT2D eigenvalue weighted by molar-refractivity contribution is 0.311. The van der Waals surface area contributed by atoms with Crippen LogP contribution in [0.1, 0.15) is 48.0 Å². The lowest BCUT2D eigenvalue weighted by atomic mass is 9.88. The molecule has 20 heavy (non-hydrogen) atoms. The first kappa shape index (κ1) is 16.5. The first-order valence-corrected chi connectivity index (χ1v) is 7.26. The number of hydrogen-bond acceptors (Lipinski definition) is 6. The quantitative estimate of drug-likeness (QED) is 0.800. The number of ether oxygens (including phenoxy) is 1. The lowest BCUT2D eigenvalue weighted by Gasteiger charge is -2.28. The fraction of sp³-hybridized carbons (Fsp3) is 0.786. The summed E-state index contributed by atoms with van der Waals surface area (Å²) < 4.78 is 5.39. The van der Waals surface area contributed by atoms with Crippen LogP contribution >= 0.6 is 0 Å². The second-order valence-corrected chi connectivity index (χ2v) is 5.86. The summed E-state index contributed by atoms with van der Waals surface area (Å²) in [6, 6.07) is 0.586. The number of nitrogens with one attached hydrogen (secondary N) is 2. The number of nitrogens with zero attached hydrogens (tertiary/aromatic N) is 3. The van der Waals surface area contributed by atoms with E-state index in [4.69, 9.17) is 4.74 Å². The van der Waals surface area contributed by atoms with Crippen LogP contribution in [-0.4, -0.2) is 34.1 Å². The maximum absolute atomic E-state index is 5.39. The molecule has 0 aromatic carbocycles. The molecule has 6 nitrogen and oxygen atoms in total. The standard InChI is InChI=1S/C14H27N5O/c1-7-9-15-11-17-12(16-10(3)14(4,5)6)19-13(18-11)20-8-2/h10H,7-9H2,1-6H3,(H2,15,16,17,18,19). The van der Waals surface area contributed by atoms with Crippen molar-refractivity contribution in [2.24, 2.45) is 5.41 Å². The zero-order valence-electron chi connectivity index (χ0n) is 13.4. The van der Waals surface area contributed by atoms with E-state index in [0.29, 0.717) is 24.5 Å². The summed E-state index contributed by atoms with van der Waals surface area (Å²) in [5.74, 6) is 1.10. The van der Waals surface area contributed by atoms with Crippen LogP contribution in [-0.2, 0) is 0 Å². The monoisotopic (exact) mass is 281 g/mol. The average molecular weight is 281 g/mol. The maximum atomic E-state index is 5.39. The van der Waals surface area contributed by atoms with E-state index >= 15 is 0 Å². The minimum Gasteiger partial charge on any atom is -0.464 e. The van der Waals surface area contributed by atoms with Gasteiger partial charge in [0.15, 0.2) is 0 Å². The summed E-state index contributed by atoms with van der Waals surface area (Å²) in [5, 5.41) is 6.48. The largest absolute Gasteiger partial charge is 0.464 e. The maximum Gasteiger partial charge on any atom is 0.323 e. The van der Waals surface area contributed by atoms with Crippen molar-refractivity contribution in [1.29, 1.82) is 0 Å². The average Bonchev–Trinajstić information content (AvgIpc) is 2.35. The van der Waals surface area contributed by atoms with Gasteiger partial charge in [-0.15, -0.1) is 0 Å². The molecule has 0 spiro atoms. The molecule has 1 heterocycles. The van der Waals surface area contributed by atoms with Crippen molar-refractivity contribution in [1.82, 2.24) is 15.0 Å². The van der Waals surface area contributed by atoms with Crippen LogP contribution in [0.15, 0.2) is 0 Å². The second-order valence-electron chi connectivity index (χ2n) is 5.86. The Morgan fingerprint density at radius 2 is 1.75 bits per heavy atom. The van der Waals surface area contributed by atoms with E-state index in [1.54, 1.807) is 0 Å².